The first-order valence-corrected chi connectivity index (χ1v) is 6.17. The highest BCUT2D eigenvalue weighted by Gasteiger charge is 2.23. The summed E-state index contributed by atoms with van der Waals surface area (Å²) in [4.78, 5) is 11.7. The summed E-state index contributed by atoms with van der Waals surface area (Å²) in [6.45, 7) is 1.85. The van der Waals surface area contributed by atoms with Gasteiger partial charge in [0.2, 0.25) is 5.91 Å². The summed E-state index contributed by atoms with van der Waals surface area (Å²) < 4.78 is 0. The van der Waals surface area contributed by atoms with Crippen molar-refractivity contribution in [2.45, 2.75) is 25.8 Å². The number of amides is 1. The van der Waals surface area contributed by atoms with Crippen molar-refractivity contribution < 1.29 is 4.79 Å². The van der Waals surface area contributed by atoms with Gasteiger partial charge in [-0.2, -0.15) is 0 Å². The molecule has 0 radical (unpaired) electrons. The average Bonchev–Trinajstić information content (AvgIpc) is 2.69. The number of halogens is 1. The fourth-order valence-corrected chi connectivity index (χ4v) is 2.21. The fourth-order valence-electron chi connectivity index (χ4n) is 2.07. The zero-order valence-electron chi connectivity index (χ0n) is 9.37. The first-order valence-electron chi connectivity index (χ1n) is 5.64. The second-order valence-electron chi connectivity index (χ2n) is 4.44. The van der Waals surface area contributed by atoms with Crippen molar-refractivity contribution in [1.82, 2.24) is 5.32 Å². The lowest BCUT2D eigenvalue weighted by Gasteiger charge is -2.14. The van der Waals surface area contributed by atoms with Crippen LogP contribution in [0, 0.1) is 5.92 Å². The van der Waals surface area contributed by atoms with Gasteiger partial charge in [-0.05, 0) is 24.0 Å². The Kier molecular flexibility index (Phi) is 3.49. The lowest BCUT2D eigenvalue weighted by molar-refractivity contribution is -0.124. The smallest absolute Gasteiger partial charge is 0.224 e. The van der Waals surface area contributed by atoms with Crippen LogP contribution in [0.25, 0.3) is 0 Å². The Morgan fingerprint density at radius 3 is 2.50 bits per heavy atom. The van der Waals surface area contributed by atoms with Crippen LogP contribution in [0.1, 0.15) is 18.1 Å². The van der Waals surface area contributed by atoms with E-state index in [2.05, 4.69) is 17.4 Å². The predicted molar refractivity (Wildman–Crippen MR) is 65.7 cm³/mol. The summed E-state index contributed by atoms with van der Waals surface area (Å²) >= 11 is 5.66. The molecule has 1 aliphatic carbocycles. The van der Waals surface area contributed by atoms with Crippen molar-refractivity contribution in [1.29, 1.82) is 0 Å². The lowest BCUT2D eigenvalue weighted by atomic mass is 10.1. The summed E-state index contributed by atoms with van der Waals surface area (Å²) in [6, 6.07) is 8.60. The molecule has 0 bridgehead atoms. The van der Waals surface area contributed by atoms with Crippen molar-refractivity contribution in [2.24, 2.45) is 5.92 Å². The monoisotopic (exact) mass is 237 g/mol. The van der Waals surface area contributed by atoms with Crippen LogP contribution in [0.4, 0.5) is 0 Å². The molecule has 0 heterocycles. The minimum atomic E-state index is -0.106. The number of fused-ring (bicyclic) bond motifs is 1. The third-order valence-corrected chi connectivity index (χ3v) is 3.54. The Hall–Kier alpha value is -1.02. The highest BCUT2D eigenvalue weighted by Crippen LogP contribution is 2.21. The first-order chi connectivity index (χ1) is 7.70. The standard InChI is InChI=1S/C13H16ClNO/c1-9(8-14)13(16)15-12-6-10-4-2-3-5-11(10)7-12/h2-5,9,12H,6-8H2,1H3,(H,15,16). The second kappa shape index (κ2) is 4.88. The van der Waals surface area contributed by atoms with Gasteiger partial charge in [0.15, 0.2) is 0 Å². The summed E-state index contributed by atoms with van der Waals surface area (Å²) in [5.74, 6) is 0.337. The van der Waals surface area contributed by atoms with Crippen molar-refractivity contribution in [3.05, 3.63) is 35.4 Å². The van der Waals surface area contributed by atoms with Crippen molar-refractivity contribution in [2.75, 3.05) is 5.88 Å². The molecule has 2 nitrogen and oxygen atoms in total. The van der Waals surface area contributed by atoms with Gasteiger partial charge in [0.25, 0.3) is 0 Å². The predicted octanol–water partition coefficient (Wildman–Crippen LogP) is 2.14. The van der Waals surface area contributed by atoms with Crippen molar-refractivity contribution in [3.8, 4) is 0 Å². The molecule has 1 amide bonds. The molecule has 86 valence electrons. The van der Waals surface area contributed by atoms with Crippen LogP contribution in [0.5, 0.6) is 0 Å². The summed E-state index contributed by atoms with van der Waals surface area (Å²) in [5, 5.41) is 3.05. The Bertz CT molecular complexity index is 366. The van der Waals surface area contributed by atoms with Gasteiger partial charge >= 0.3 is 0 Å². The van der Waals surface area contributed by atoms with Crippen LogP contribution in [-0.2, 0) is 17.6 Å². The highest BCUT2D eigenvalue weighted by molar-refractivity contribution is 6.19. The van der Waals surface area contributed by atoms with Crippen molar-refractivity contribution in [3.63, 3.8) is 0 Å². The molecule has 0 saturated carbocycles. The Balaban J connectivity index is 1.95. The van der Waals surface area contributed by atoms with E-state index < -0.39 is 0 Å². The third kappa shape index (κ3) is 2.38. The molecule has 1 aromatic rings. The van der Waals surface area contributed by atoms with Crippen LogP contribution in [0.15, 0.2) is 24.3 Å². The molecule has 1 unspecified atom stereocenters. The molecule has 1 aromatic carbocycles. The maximum Gasteiger partial charge on any atom is 0.224 e. The number of carbonyl (C=O) groups is 1. The highest BCUT2D eigenvalue weighted by atomic mass is 35.5. The van der Waals surface area contributed by atoms with E-state index in [9.17, 15) is 4.79 Å². The van der Waals surface area contributed by atoms with Gasteiger partial charge in [0, 0.05) is 17.8 Å². The number of carbonyl (C=O) groups excluding carboxylic acids is 1. The van der Waals surface area contributed by atoms with Crippen LogP contribution in [0.2, 0.25) is 0 Å². The van der Waals surface area contributed by atoms with Gasteiger partial charge in [-0.15, -0.1) is 11.6 Å². The van der Waals surface area contributed by atoms with Crippen LogP contribution in [0.3, 0.4) is 0 Å². The second-order valence-corrected chi connectivity index (χ2v) is 4.75. The first kappa shape index (κ1) is 11.5. The van der Waals surface area contributed by atoms with Gasteiger partial charge < -0.3 is 5.32 Å². The molecule has 1 atom stereocenters. The number of nitrogens with one attached hydrogen (secondary N) is 1. The van der Waals surface area contributed by atoms with E-state index in [-0.39, 0.29) is 17.9 Å². The molecule has 16 heavy (non-hydrogen) atoms. The van der Waals surface area contributed by atoms with Gasteiger partial charge in [-0.25, -0.2) is 0 Å². The molecular formula is C13H16ClNO. The molecule has 1 N–H and O–H groups in total. The molecule has 0 saturated heterocycles. The average molecular weight is 238 g/mol. The molecule has 1 aliphatic rings. The minimum Gasteiger partial charge on any atom is -0.352 e. The van der Waals surface area contributed by atoms with E-state index in [1.807, 2.05) is 19.1 Å². The van der Waals surface area contributed by atoms with E-state index in [1.54, 1.807) is 0 Å². The van der Waals surface area contributed by atoms with E-state index in [1.165, 1.54) is 11.1 Å². The zero-order valence-corrected chi connectivity index (χ0v) is 10.1. The number of alkyl halides is 1. The molecule has 3 heteroatoms. The maximum atomic E-state index is 11.7. The van der Waals surface area contributed by atoms with Gasteiger partial charge in [0.05, 0.1) is 0 Å². The molecule has 0 spiro atoms. The Morgan fingerprint density at radius 1 is 1.44 bits per heavy atom. The largest absolute Gasteiger partial charge is 0.352 e. The van der Waals surface area contributed by atoms with Gasteiger partial charge in [-0.3, -0.25) is 4.79 Å². The number of hydrogen-bond acceptors (Lipinski definition) is 1. The molecule has 0 aliphatic heterocycles. The van der Waals surface area contributed by atoms with Crippen LogP contribution >= 0.6 is 11.6 Å². The molecule has 0 fully saturated rings. The Morgan fingerprint density at radius 2 is 2.00 bits per heavy atom. The SMILES string of the molecule is CC(CCl)C(=O)NC1Cc2ccccc2C1. The molecule has 0 aromatic heterocycles. The summed E-state index contributed by atoms with van der Waals surface area (Å²) in [5.41, 5.74) is 2.71. The third-order valence-electron chi connectivity index (χ3n) is 3.08. The summed E-state index contributed by atoms with van der Waals surface area (Å²) in [6.07, 6.45) is 1.88. The fraction of sp³-hybridized carbons (Fsp3) is 0.462. The van der Waals surface area contributed by atoms with Crippen LogP contribution < -0.4 is 5.32 Å². The minimum absolute atomic E-state index is 0.0628. The van der Waals surface area contributed by atoms with E-state index in [4.69, 9.17) is 11.6 Å². The quantitative estimate of drug-likeness (QED) is 0.802. The molecular weight excluding hydrogens is 222 g/mol. The van der Waals surface area contributed by atoms with Gasteiger partial charge in [-0.1, -0.05) is 31.2 Å². The summed E-state index contributed by atoms with van der Waals surface area (Å²) in [7, 11) is 0. The van der Waals surface area contributed by atoms with Crippen LogP contribution in [-0.4, -0.2) is 17.8 Å². The normalized spacial score (nSPS) is 16.9. The van der Waals surface area contributed by atoms with Crippen molar-refractivity contribution >= 4 is 17.5 Å². The van der Waals surface area contributed by atoms with E-state index >= 15 is 0 Å². The van der Waals surface area contributed by atoms with Gasteiger partial charge in [0.1, 0.15) is 0 Å². The Labute approximate surface area is 101 Å². The number of hydrogen-bond donors (Lipinski definition) is 1. The topological polar surface area (TPSA) is 29.1 Å². The van der Waals surface area contributed by atoms with E-state index in [0.29, 0.717) is 5.88 Å². The lowest BCUT2D eigenvalue weighted by Crippen LogP contribution is -2.39. The molecule has 2 rings (SSSR count). The maximum absolute atomic E-state index is 11.7. The van der Waals surface area contributed by atoms with E-state index in [0.717, 1.165) is 12.8 Å². The number of benzene rings is 1. The number of rotatable bonds is 3. The zero-order chi connectivity index (χ0) is 11.5.